The highest BCUT2D eigenvalue weighted by Gasteiger charge is 1.98. The van der Waals surface area contributed by atoms with Crippen LogP contribution in [0.1, 0.15) is 13.3 Å². The van der Waals surface area contributed by atoms with E-state index in [4.69, 9.17) is 4.78 Å². The van der Waals surface area contributed by atoms with E-state index in [-0.39, 0.29) is 12.6 Å². The molecular formula is C6H13NO3S. The van der Waals surface area contributed by atoms with Gasteiger partial charge >= 0.3 is 5.97 Å². The van der Waals surface area contributed by atoms with Crippen LogP contribution < -0.4 is 0 Å². The monoisotopic (exact) mass is 179 g/mol. The van der Waals surface area contributed by atoms with E-state index in [9.17, 15) is 9.00 Å². The lowest BCUT2D eigenvalue weighted by molar-refractivity contribution is -0.140. The Balaban J connectivity index is 3.37. The van der Waals surface area contributed by atoms with Gasteiger partial charge in [-0.25, -0.2) is 0 Å². The van der Waals surface area contributed by atoms with Gasteiger partial charge < -0.3 is 4.74 Å². The second kappa shape index (κ2) is 4.33. The first-order valence-corrected chi connectivity index (χ1v) is 5.40. The fraction of sp³-hybridized carbons (Fsp3) is 0.833. The minimum Gasteiger partial charge on any atom is -0.466 e. The number of ether oxygens (including phenoxy) is 1. The van der Waals surface area contributed by atoms with Gasteiger partial charge in [-0.3, -0.25) is 13.8 Å². The molecular weight excluding hydrogens is 166 g/mol. The average Bonchev–Trinajstić information content (AvgIpc) is 1.78. The predicted octanol–water partition coefficient (Wildman–Crippen LogP) is 0.616. The van der Waals surface area contributed by atoms with Gasteiger partial charge in [-0.2, -0.15) is 0 Å². The van der Waals surface area contributed by atoms with E-state index in [0.717, 1.165) is 0 Å². The minimum atomic E-state index is -2.41. The Morgan fingerprint density at radius 2 is 2.18 bits per heavy atom. The van der Waals surface area contributed by atoms with Crippen molar-refractivity contribution < 1.29 is 13.7 Å². The molecule has 0 aromatic rings. The van der Waals surface area contributed by atoms with Crippen molar-refractivity contribution in [3.8, 4) is 0 Å². The van der Waals surface area contributed by atoms with Crippen LogP contribution in [0, 0.1) is 4.78 Å². The molecule has 0 saturated carbocycles. The molecule has 0 heterocycles. The molecule has 0 amide bonds. The summed E-state index contributed by atoms with van der Waals surface area (Å²) < 4.78 is 22.4. The summed E-state index contributed by atoms with van der Waals surface area (Å²) in [6.45, 7) is 1.59. The molecule has 0 aromatic carbocycles. The first kappa shape index (κ1) is 10.4. The molecule has 0 spiro atoms. The van der Waals surface area contributed by atoms with Crippen LogP contribution in [0.4, 0.5) is 0 Å². The maximum absolute atomic E-state index is 10.8. The lowest BCUT2D eigenvalue weighted by Crippen LogP contribution is -2.07. The number of hydrogen-bond donors (Lipinski definition) is 1. The molecule has 0 aliphatic carbocycles. The molecule has 0 radical (unpaired) electrons. The van der Waals surface area contributed by atoms with Crippen LogP contribution in [0.5, 0.6) is 0 Å². The molecule has 0 saturated heterocycles. The molecule has 11 heavy (non-hydrogen) atoms. The SMILES string of the molecule is CC(=O)OCCCS(C)(=N)=O. The van der Waals surface area contributed by atoms with Crippen LogP contribution in [-0.4, -0.2) is 28.8 Å². The van der Waals surface area contributed by atoms with Gasteiger partial charge in [-0.05, 0) is 6.42 Å². The second-order valence-electron chi connectivity index (χ2n) is 2.40. The zero-order valence-corrected chi connectivity index (χ0v) is 7.57. The normalized spacial score (nSPS) is 15.5. The maximum Gasteiger partial charge on any atom is 0.302 e. The van der Waals surface area contributed by atoms with E-state index >= 15 is 0 Å². The highest BCUT2D eigenvalue weighted by atomic mass is 32.2. The first-order chi connectivity index (χ1) is 4.92. The van der Waals surface area contributed by atoms with Crippen molar-refractivity contribution in [3.05, 3.63) is 0 Å². The van der Waals surface area contributed by atoms with Crippen molar-refractivity contribution >= 4 is 15.7 Å². The highest BCUT2D eigenvalue weighted by Crippen LogP contribution is 1.90. The summed E-state index contributed by atoms with van der Waals surface area (Å²) in [6, 6.07) is 0. The largest absolute Gasteiger partial charge is 0.466 e. The molecule has 1 atom stereocenters. The molecule has 0 fully saturated rings. The molecule has 0 rings (SSSR count). The standard InChI is InChI=1S/C6H13NO3S/c1-6(8)10-4-3-5-11(2,7)9/h7H,3-5H2,1-2H3. The summed E-state index contributed by atoms with van der Waals surface area (Å²) in [5.41, 5.74) is 0. The molecule has 0 bridgehead atoms. The second-order valence-corrected chi connectivity index (χ2v) is 4.82. The Kier molecular flexibility index (Phi) is 4.10. The van der Waals surface area contributed by atoms with Gasteiger partial charge in [-0.1, -0.05) is 0 Å². The Morgan fingerprint density at radius 3 is 2.55 bits per heavy atom. The third-order valence-electron chi connectivity index (χ3n) is 0.984. The third-order valence-corrected chi connectivity index (χ3v) is 2.05. The van der Waals surface area contributed by atoms with Crippen LogP contribution in [0.15, 0.2) is 0 Å². The van der Waals surface area contributed by atoms with Crippen molar-refractivity contribution in [2.75, 3.05) is 18.6 Å². The molecule has 0 aromatic heterocycles. The Morgan fingerprint density at radius 1 is 1.64 bits per heavy atom. The van der Waals surface area contributed by atoms with E-state index < -0.39 is 9.73 Å². The first-order valence-electron chi connectivity index (χ1n) is 3.26. The zero-order valence-electron chi connectivity index (χ0n) is 6.75. The summed E-state index contributed by atoms with van der Waals surface area (Å²) in [4.78, 5) is 10.2. The smallest absolute Gasteiger partial charge is 0.302 e. The van der Waals surface area contributed by atoms with Gasteiger partial charge in [0, 0.05) is 28.7 Å². The summed E-state index contributed by atoms with van der Waals surface area (Å²) in [6.07, 6.45) is 1.87. The summed E-state index contributed by atoms with van der Waals surface area (Å²) in [5.74, 6) is -0.0436. The third kappa shape index (κ3) is 9.42. The minimum absolute atomic E-state index is 0.263. The van der Waals surface area contributed by atoms with Crippen LogP contribution in [0.2, 0.25) is 0 Å². The van der Waals surface area contributed by atoms with E-state index in [1.54, 1.807) is 0 Å². The van der Waals surface area contributed by atoms with Gasteiger partial charge in [-0.15, -0.1) is 0 Å². The van der Waals surface area contributed by atoms with Crippen LogP contribution >= 0.6 is 0 Å². The van der Waals surface area contributed by atoms with Gasteiger partial charge in [0.05, 0.1) is 6.61 Å². The lowest BCUT2D eigenvalue weighted by Gasteiger charge is -2.01. The molecule has 5 heteroatoms. The zero-order chi connectivity index (χ0) is 8.91. The Hall–Kier alpha value is -0.580. The average molecular weight is 179 g/mol. The lowest BCUT2D eigenvalue weighted by atomic mass is 10.5. The molecule has 1 unspecified atom stereocenters. The van der Waals surface area contributed by atoms with Crippen molar-refractivity contribution in [1.29, 1.82) is 4.78 Å². The molecule has 4 nitrogen and oxygen atoms in total. The quantitative estimate of drug-likeness (QED) is 0.508. The number of carbonyl (C=O) groups is 1. The summed E-state index contributed by atoms with van der Waals surface area (Å²) in [5, 5.41) is 0. The van der Waals surface area contributed by atoms with Crippen LogP contribution in [0.3, 0.4) is 0 Å². The fourth-order valence-electron chi connectivity index (χ4n) is 0.550. The maximum atomic E-state index is 10.8. The van der Waals surface area contributed by atoms with Gasteiger partial charge in [0.2, 0.25) is 0 Å². The van der Waals surface area contributed by atoms with Crippen LogP contribution in [0.25, 0.3) is 0 Å². The predicted molar refractivity (Wildman–Crippen MR) is 42.9 cm³/mol. The van der Waals surface area contributed by atoms with E-state index in [2.05, 4.69) is 4.74 Å². The van der Waals surface area contributed by atoms with Crippen LogP contribution in [-0.2, 0) is 19.3 Å². The van der Waals surface area contributed by atoms with Gasteiger partial charge in [0.25, 0.3) is 0 Å². The fourth-order valence-corrected chi connectivity index (χ4v) is 1.22. The number of esters is 1. The topological polar surface area (TPSA) is 67.2 Å². The van der Waals surface area contributed by atoms with Gasteiger partial charge in [0.15, 0.2) is 0 Å². The summed E-state index contributed by atoms with van der Waals surface area (Å²) >= 11 is 0. The number of rotatable bonds is 4. The van der Waals surface area contributed by atoms with E-state index in [1.165, 1.54) is 13.2 Å². The highest BCUT2D eigenvalue weighted by molar-refractivity contribution is 7.91. The van der Waals surface area contributed by atoms with E-state index in [0.29, 0.717) is 12.2 Å². The summed E-state index contributed by atoms with van der Waals surface area (Å²) in [7, 11) is -2.41. The molecule has 0 aliphatic rings. The van der Waals surface area contributed by atoms with Crippen molar-refractivity contribution in [1.82, 2.24) is 0 Å². The number of carbonyl (C=O) groups excluding carboxylic acids is 1. The van der Waals surface area contributed by atoms with Crippen molar-refractivity contribution in [2.24, 2.45) is 0 Å². The molecule has 0 aliphatic heterocycles. The Labute approximate surface area is 66.9 Å². The van der Waals surface area contributed by atoms with E-state index in [1.807, 2.05) is 0 Å². The Bertz CT molecular complexity index is 220. The van der Waals surface area contributed by atoms with Crippen molar-refractivity contribution in [2.45, 2.75) is 13.3 Å². The van der Waals surface area contributed by atoms with Crippen molar-refractivity contribution in [3.63, 3.8) is 0 Å². The number of nitrogens with one attached hydrogen (secondary N) is 1. The number of hydrogen-bond acceptors (Lipinski definition) is 4. The molecule has 1 N–H and O–H groups in total. The van der Waals surface area contributed by atoms with Gasteiger partial charge in [0.1, 0.15) is 0 Å². The molecule has 66 valence electrons.